The van der Waals surface area contributed by atoms with E-state index in [9.17, 15) is 25.2 Å². The number of hydrogen-bond donors (Lipinski definition) is 0. The van der Waals surface area contributed by atoms with E-state index in [4.69, 9.17) is 0 Å². The molecular formula is C11H19NO5Ti. The Bertz CT molecular complexity index is 205. The van der Waals surface area contributed by atoms with Gasteiger partial charge in [0.15, 0.2) is 5.78 Å². The van der Waals surface area contributed by atoms with Crippen molar-refractivity contribution in [1.29, 1.82) is 0 Å². The zero-order chi connectivity index (χ0) is 13.7. The largest absolute Gasteiger partial charge is 4.00 e. The molecular weight excluding hydrogens is 274 g/mol. The Morgan fingerprint density at radius 3 is 1.44 bits per heavy atom. The summed E-state index contributed by atoms with van der Waals surface area (Å²) in [7, 11) is 0. The Morgan fingerprint density at radius 1 is 1.00 bits per heavy atom. The van der Waals surface area contributed by atoms with Crippen LogP contribution in [-0.2, 0) is 26.5 Å². The van der Waals surface area contributed by atoms with Gasteiger partial charge in [-0.1, -0.05) is 6.92 Å². The molecule has 0 amide bonds. The van der Waals surface area contributed by atoms with Gasteiger partial charge in [0.05, 0.1) is 0 Å². The van der Waals surface area contributed by atoms with E-state index in [0.29, 0.717) is 19.6 Å². The van der Waals surface area contributed by atoms with Gasteiger partial charge in [-0.15, -0.1) is 25.6 Å². The van der Waals surface area contributed by atoms with Crippen LogP contribution in [0, 0.1) is 0 Å². The first-order chi connectivity index (χ1) is 7.97. The fraction of sp³-hybridized carbons (Fsp3) is 0.727. The van der Waals surface area contributed by atoms with Crippen LogP contribution in [0.15, 0.2) is 11.8 Å². The number of allylic oxidation sites excluding steroid dienone is 2. The minimum atomic E-state index is -0.236. The molecule has 102 valence electrons. The first-order valence-corrected chi connectivity index (χ1v) is 5.30. The van der Waals surface area contributed by atoms with Gasteiger partial charge < -0.3 is 25.3 Å². The fourth-order valence-corrected chi connectivity index (χ4v) is 1.01. The van der Waals surface area contributed by atoms with Gasteiger partial charge in [0.1, 0.15) is 0 Å². The monoisotopic (exact) mass is 293 g/mol. The fourth-order valence-electron chi connectivity index (χ4n) is 1.01. The molecule has 6 nitrogen and oxygen atoms in total. The summed E-state index contributed by atoms with van der Waals surface area (Å²) in [5, 5.41) is 40.1. The van der Waals surface area contributed by atoms with Crippen molar-refractivity contribution in [2.75, 3.05) is 39.5 Å². The average Bonchev–Trinajstić information content (AvgIpc) is 2.17. The van der Waals surface area contributed by atoms with Crippen molar-refractivity contribution < 1.29 is 46.9 Å². The average molecular weight is 293 g/mol. The van der Waals surface area contributed by atoms with Gasteiger partial charge in [-0.05, 0) is 32.6 Å². The van der Waals surface area contributed by atoms with Crippen molar-refractivity contribution in [3.8, 4) is 0 Å². The summed E-state index contributed by atoms with van der Waals surface area (Å²) in [4.78, 5) is 11.6. The van der Waals surface area contributed by atoms with Crippen LogP contribution in [0.25, 0.3) is 0 Å². The van der Waals surface area contributed by atoms with Gasteiger partial charge in [-0.3, -0.25) is 4.79 Å². The minimum Gasteiger partial charge on any atom is -0.876 e. The topological polar surface area (TPSA) is 113 Å². The summed E-state index contributed by atoms with van der Waals surface area (Å²) >= 11 is 0. The molecule has 0 saturated heterocycles. The molecule has 0 atom stereocenters. The van der Waals surface area contributed by atoms with Gasteiger partial charge in [-0.2, -0.15) is 0 Å². The van der Waals surface area contributed by atoms with Gasteiger partial charge in [0.25, 0.3) is 0 Å². The van der Waals surface area contributed by atoms with Crippen molar-refractivity contribution in [2.24, 2.45) is 0 Å². The maximum Gasteiger partial charge on any atom is 4.00 e. The molecule has 0 fully saturated rings. The molecule has 0 aliphatic heterocycles. The van der Waals surface area contributed by atoms with Crippen molar-refractivity contribution >= 4 is 5.78 Å². The standard InChI is InChI=1S/C6H12NO3.C5H8O2.Ti/c8-4-1-7(2-5-9)3-6-10;1-4(6)3-5(2)7;/h1-6H2;3,6H,1-2H3;/q-3;;+4/p-1. The second-order valence-electron chi connectivity index (χ2n) is 3.32. The Kier molecular flexibility index (Phi) is 21.3. The van der Waals surface area contributed by atoms with Crippen LogP contribution in [0.5, 0.6) is 0 Å². The van der Waals surface area contributed by atoms with Crippen molar-refractivity contribution in [1.82, 2.24) is 4.90 Å². The normalized spacial score (nSPS) is 10.4. The molecule has 0 N–H and O–H groups in total. The zero-order valence-electron chi connectivity index (χ0n) is 10.8. The maximum atomic E-state index is 10.0. The van der Waals surface area contributed by atoms with Crippen LogP contribution in [0.1, 0.15) is 13.8 Å². The van der Waals surface area contributed by atoms with E-state index in [2.05, 4.69) is 0 Å². The van der Waals surface area contributed by atoms with Crippen LogP contribution in [0.3, 0.4) is 0 Å². The number of nitrogens with zero attached hydrogens (tertiary/aromatic N) is 1. The summed E-state index contributed by atoms with van der Waals surface area (Å²) in [6, 6.07) is 0. The van der Waals surface area contributed by atoms with Crippen molar-refractivity contribution in [3.63, 3.8) is 0 Å². The predicted octanol–water partition coefficient (Wildman–Crippen LogP) is -3.79. The molecule has 0 rings (SSSR count). The maximum absolute atomic E-state index is 10.0. The van der Waals surface area contributed by atoms with Crippen molar-refractivity contribution in [2.45, 2.75) is 13.8 Å². The third kappa shape index (κ3) is 21.1. The van der Waals surface area contributed by atoms with E-state index in [0.717, 1.165) is 6.08 Å². The quantitative estimate of drug-likeness (QED) is 0.270. The first kappa shape index (κ1) is 22.9. The molecule has 0 bridgehead atoms. The van der Waals surface area contributed by atoms with Crippen LogP contribution < -0.4 is 20.4 Å². The molecule has 0 aromatic rings. The van der Waals surface area contributed by atoms with E-state index in [1.54, 1.807) is 4.90 Å². The zero-order valence-corrected chi connectivity index (χ0v) is 12.4. The first-order valence-electron chi connectivity index (χ1n) is 5.30. The number of ketones is 1. The number of rotatable bonds is 7. The molecule has 0 saturated carbocycles. The summed E-state index contributed by atoms with van der Waals surface area (Å²) in [5.41, 5.74) is 0. The molecule has 7 heteroatoms. The number of hydrogen-bond acceptors (Lipinski definition) is 6. The summed E-state index contributed by atoms with van der Waals surface area (Å²) < 4.78 is 0. The van der Waals surface area contributed by atoms with E-state index >= 15 is 0 Å². The van der Waals surface area contributed by atoms with Crippen LogP contribution in [-0.4, -0.2) is 50.1 Å². The van der Waals surface area contributed by atoms with Gasteiger partial charge in [-0.25, -0.2) is 0 Å². The summed E-state index contributed by atoms with van der Waals surface area (Å²) in [5.74, 6) is -0.375. The molecule has 0 radical (unpaired) electrons. The second kappa shape index (κ2) is 16.8. The third-order valence-corrected chi connectivity index (χ3v) is 1.63. The molecule has 0 spiro atoms. The van der Waals surface area contributed by atoms with E-state index in [1.165, 1.54) is 13.8 Å². The Balaban J connectivity index is -0.000000251. The van der Waals surface area contributed by atoms with Gasteiger partial charge >= 0.3 is 21.7 Å². The number of carbonyl (C=O) groups is 1. The predicted molar refractivity (Wildman–Crippen MR) is 55.5 cm³/mol. The van der Waals surface area contributed by atoms with E-state index in [-0.39, 0.29) is 53.1 Å². The molecule has 0 aliphatic rings. The van der Waals surface area contributed by atoms with E-state index < -0.39 is 0 Å². The summed E-state index contributed by atoms with van der Waals surface area (Å²) in [6.45, 7) is 2.96. The minimum absolute atomic E-state index is 0. The SMILES string of the molecule is CC(=O)C=C(C)[O-].[O-]CCN(CC[O-])CC[O-].[Ti+4]. The Hall–Kier alpha value is -0.236. The number of carbonyl (C=O) groups excluding carboxylic acids is 1. The smallest absolute Gasteiger partial charge is 0.876 e. The Labute approximate surface area is 123 Å². The Morgan fingerprint density at radius 2 is 1.33 bits per heavy atom. The summed E-state index contributed by atoms with van der Waals surface area (Å²) in [6.07, 6.45) is 1.06. The van der Waals surface area contributed by atoms with E-state index in [1.807, 2.05) is 0 Å². The van der Waals surface area contributed by atoms with Crippen LogP contribution >= 0.6 is 0 Å². The third-order valence-electron chi connectivity index (χ3n) is 1.63. The van der Waals surface area contributed by atoms with Crippen LogP contribution in [0.2, 0.25) is 0 Å². The van der Waals surface area contributed by atoms with Gasteiger partial charge in [0, 0.05) is 0 Å². The molecule has 0 aliphatic carbocycles. The molecule has 18 heavy (non-hydrogen) atoms. The van der Waals surface area contributed by atoms with Crippen LogP contribution in [0.4, 0.5) is 0 Å². The van der Waals surface area contributed by atoms with Gasteiger partial charge in [0.2, 0.25) is 0 Å². The molecule has 0 aromatic heterocycles. The molecule has 0 aromatic carbocycles. The van der Waals surface area contributed by atoms with Crippen molar-refractivity contribution in [3.05, 3.63) is 11.8 Å². The molecule has 0 unspecified atom stereocenters. The molecule has 0 heterocycles. The second-order valence-corrected chi connectivity index (χ2v) is 3.32.